The zero-order valence-electron chi connectivity index (χ0n) is 15.0. The predicted molar refractivity (Wildman–Crippen MR) is 96.8 cm³/mol. The standard InChI is InChI=1S/C17H22N4O5S/c1-10-5-12(20-19-10)6-11-8-21(9-15(11)22)17(23)14-7-13(27(18,24)25)3-4-16(14)26-2/h3-5,7,11,15,22H,6,8-9H2,1-2H3,(H,19,20)(H2,18,24,25). The van der Waals surface area contributed by atoms with E-state index in [2.05, 4.69) is 10.2 Å². The molecule has 2 heterocycles. The summed E-state index contributed by atoms with van der Waals surface area (Å²) in [5.41, 5.74) is 1.84. The van der Waals surface area contributed by atoms with Gasteiger partial charge < -0.3 is 14.7 Å². The van der Waals surface area contributed by atoms with Crippen LogP contribution in [-0.2, 0) is 16.4 Å². The Morgan fingerprint density at radius 1 is 1.41 bits per heavy atom. The van der Waals surface area contributed by atoms with E-state index < -0.39 is 22.0 Å². The molecule has 0 bridgehead atoms. The topological polar surface area (TPSA) is 139 Å². The monoisotopic (exact) mass is 394 g/mol. The number of aromatic amines is 1. The van der Waals surface area contributed by atoms with Gasteiger partial charge in [-0.1, -0.05) is 0 Å². The van der Waals surface area contributed by atoms with Crippen molar-refractivity contribution in [2.75, 3.05) is 20.2 Å². The normalized spacial score (nSPS) is 20.1. The number of ether oxygens (including phenoxy) is 1. The minimum Gasteiger partial charge on any atom is -0.496 e. The molecule has 1 aliphatic rings. The first-order valence-corrected chi connectivity index (χ1v) is 9.92. The second-order valence-corrected chi connectivity index (χ2v) is 8.25. The third kappa shape index (κ3) is 4.12. The van der Waals surface area contributed by atoms with E-state index in [1.54, 1.807) is 0 Å². The molecule has 1 saturated heterocycles. The van der Waals surface area contributed by atoms with E-state index in [0.717, 1.165) is 11.4 Å². The van der Waals surface area contributed by atoms with Gasteiger partial charge in [-0.2, -0.15) is 5.10 Å². The summed E-state index contributed by atoms with van der Waals surface area (Å²) in [4.78, 5) is 14.2. The van der Waals surface area contributed by atoms with E-state index in [1.165, 1.54) is 30.2 Å². The van der Waals surface area contributed by atoms with Crippen LogP contribution in [0.15, 0.2) is 29.2 Å². The fourth-order valence-electron chi connectivity index (χ4n) is 3.27. The Balaban J connectivity index is 1.81. The number of benzene rings is 1. The van der Waals surface area contributed by atoms with Gasteiger partial charge >= 0.3 is 0 Å². The number of methoxy groups -OCH3 is 1. The van der Waals surface area contributed by atoms with Crippen LogP contribution in [-0.4, -0.2) is 60.8 Å². The van der Waals surface area contributed by atoms with Crippen LogP contribution >= 0.6 is 0 Å². The van der Waals surface area contributed by atoms with Crippen molar-refractivity contribution in [1.82, 2.24) is 15.1 Å². The van der Waals surface area contributed by atoms with Crippen molar-refractivity contribution in [2.24, 2.45) is 11.1 Å². The SMILES string of the molecule is COc1ccc(S(N)(=O)=O)cc1C(=O)N1CC(O)C(Cc2cc(C)[nH]n2)C1. The van der Waals surface area contributed by atoms with Gasteiger partial charge in [0.1, 0.15) is 5.75 Å². The van der Waals surface area contributed by atoms with E-state index in [0.29, 0.717) is 13.0 Å². The van der Waals surface area contributed by atoms with Crippen molar-refractivity contribution >= 4 is 15.9 Å². The number of carbonyl (C=O) groups excluding carboxylic acids is 1. The number of rotatable bonds is 5. The molecule has 2 unspecified atom stereocenters. The number of nitrogens with one attached hydrogen (secondary N) is 1. The molecule has 0 saturated carbocycles. The Morgan fingerprint density at radius 2 is 2.15 bits per heavy atom. The minimum absolute atomic E-state index is 0.0903. The smallest absolute Gasteiger partial charge is 0.257 e. The Hall–Kier alpha value is -2.43. The molecule has 0 radical (unpaired) electrons. The number of nitrogens with two attached hydrogens (primary N) is 1. The van der Waals surface area contributed by atoms with E-state index >= 15 is 0 Å². The number of nitrogens with zero attached hydrogens (tertiary/aromatic N) is 2. The molecule has 1 amide bonds. The number of aliphatic hydroxyl groups excluding tert-OH is 1. The molecule has 146 valence electrons. The lowest BCUT2D eigenvalue weighted by Crippen LogP contribution is -2.30. The summed E-state index contributed by atoms with van der Waals surface area (Å²) < 4.78 is 28.4. The summed E-state index contributed by atoms with van der Waals surface area (Å²) in [6, 6.07) is 5.78. The molecule has 2 aromatic rings. The number of sulfonamides is 1. The summed E-state index contributed by atoms with van der Waals surface area (Å²) in [7, 11) is -2.56. The average Bonchev–Trinajstić information content (AvgIpc) is 3.19. The zero-order chi connectivity index (χ0) is 19.8. The maximum absolute atomic E-state index is 12.9. The third-order valence-electron chi connectivity index (χ3n) is 4.65. The van der Waals surface area contributed by atoms with Gasteiger partial charge in [-0.25, -0.2) is 13.6 Å². The molecular formula is C17H22N4O5S. The number of hydrogen-bond donors (Lipinski definition) is 3. The number of likely N-dealkylation sites (tertiary alicyclic amines) is 1. The summed E-state index contributed by atoms with van der Waals surface area (Å²) in [6.45, 7) is 2.37. The molecule has 9 nitrogen and oxygen atoms in total. The fraction of sp³-hybridized carbons (Fsp3) is 0.412. The Morgan fingerprint density at radius 3 is 2.74 bits per heavy atom. The van der Waals surface area contributed by atoms with Crippen LogP contribution in [0.4, 0.5) is 0 Å². The number of β-amino-alcohol motifs (C(OH)–C–C–N with tert-alkyl or cyclic N) is 1. The van der Waals surface area contributed by atoms with Crippen LogP contribution in [0.1, 0.15) is 21.7 Å². The highest BCUT2D eigenvalue weighted by Gasteiger charge is 2.35. The highest BCUT2D eigenvalue weighted by atomic mass is 32.2. The van der Waals surface area contributed by atoms with Crippen LogP contribution in [0.25, 0.3) is 0 Å². The summed E-state index contributed by atoms with van der Waals surface area (Å²) >= 11 is 0. The van der Waals surface area contributed by atoms with Crippen LogP contribution in [0.2, 0.25) is 0 Å². The van der Waals surface area contributed by atoms with Gasteiger partial charge in [0.25, 0.3) is 5.91 Å². The lowest BCUT2D eigenvalue weighted by Gasteiger charge is -2.18. The van der Waals surface area contributed by atoms with Crippen LogP contribution < -0.4 is 9.88 Å². The molecule has 0 aliphatic carbocycles. The number of carbonyl (C=O) groups is 1. The van der Waals surface area contributed by atoms with Gasteiger partial charge in [0.05, 0.1) is 29.4 Å². The Labute approximate surface area is 157 Å². The Kier molecular flexibility index (Phi) is 5.22. The van der Waals surface area contributed by atoms with Crippen molar-refractivity contribution in [3.63, 3.8) is 0 Å². The van der Waals surface area contributed by atoms with E-state index in [4.69, 9.17) is 9.88 Å². The lowest BCUT2D eigenvalue weighted by molar-refractivity contribution is 0.0761. The van der Waals surface area contributed by atoms with Gasteiger partial charge in [0.15, 0.2) is 0 Å². The molecule has 10 heteroatoms. The van der Waals surface area contributed by atoms with Gasteiger partial charge in [-0.15, -0.1) is 0 Å². The van der Waals surface area contributed by atoms with Crippen molar-refractivity contribution in [2.45, 2.75) is 24.3 Å². The fourth-order valence-corrected chi connectivity index (χ4v) is 3.81. The first-order chi connectivity index (χ1) is 12.7. The summed E-state index contributed by atoms with van der Waals surface area (Å²) in [5.74, 6) is -0.338. The first-order valence-electron chi connectivity index (χ1n) is 8.38. The summed E-state index contributed by atoms with van der Waals surface area (Å²) in [5, 5.41) is 22.5. The minimum atomic E-state index is -3.95. The number of aromatic nitrogens is 2. The molecule has 0 spiro atoms. The highest BCUT2D eigenvalue weighted by molar-refractivity contribution is 7.89. The van der Waals surface area contributed by atoms with Crippen molar-refractivity contribution in [1.29, 1.82) is 0 Å². The van der Waals surface area contributed by atoms with Crippen molar-refractivity contribution in [3.05, 3.63) is 41.2 Å². The van der Waals surface area contributed by atoms with Crippen molar-refractivity contribution in [3.8, 4) is 5.75 Å². The number of aliphatic hydroxyl groups is 1. The molecule has 1 aliphatic heterocycles. The van der Waals surface area contributed by atoms with E-state index in [1.807, 2.05) is 13.0 Å². The molecule has 4 N–H and O–H groups in total. The summed E-state index contributed by atoms with van der Waals surface area (Å²) in [6.07, 6.45) is -0.165. The molecule has 1 aromatic heterocycles. The second-order valence-electron chi connectivity index (χ2n) is 6.69. The molecule has 1 aromatic carbocycles. The zero-order valence-corrected chi connectivity index (χ0v) is 15.9. The molecule has 3 rings (SSSR count). The molecule has 1 fully saturated rings. The Bertz CT molecular complexity index is 956. The van der Waals surface area contributed by atoms with Gasteiger partial charge in [-0.05, 0) is 37.6 Å². The average molecular weight is 394 g/mol. The maximum Gasteiger partial charge on any atom is 0.257 e. The lowest BCUT2D eigenvalue weighted by atomic mass is 10.0. The number of aryl methyl sites for hydroxylation is 1. The first kappa shape index (κ1) is 19.3. The number of amides is 1. The maximum atomic E-state index is 12.9. The molecule has 2 atom stereocenters. The van der Waals surface area contributed by atoms with Crippen molar-refractivity contribution < 1.29 is 23.1 Å². The highest BCUT2D eigenvalue weighted by Crippen LogP contribution is 2.27. The predicted octanol–water partition coefficient (Wildman–Crippen LogP) is 0.0497. The number of hydrogen-bond acceptors (Lipinski definition) is 6. The second kappa shape index (κ2) is 7.29. The number of H-pyrrole nitrogens is 1. The van der Waals surface area contributed by atoms with E-state index in [9.17, 15) is 18.3 Å². The van der Waals surface area contributed by atoms with Crippen LogP contribution in [0.5, 0.6) is 5.75 Å². The van der Waals surface area contributed by atoms with Crippen LogP contribution in [0.3, 0.4) is 0 Å². The van der Waals surface area contributed by atoms with Crippen LogP contribution in [0, 0.1) is 12.8 Å². The molecule has 27 heavy (non-hydrogen) atoms. The van der Waals surface area contributed by atoms with Gasteiger partial charge in [0.2, 0.25) is 10.0 Å². The van der Waals surface area contributed by atoms with E-state index in [-0.39, 0.29) is 28.7 Å². The van der Waals surface area contributed by atoms with Gasteiger partial charge in [-0.3, -0.25) is 9.89 Å². The largest absolute Gasteiger partial charge is 0.496 e. The quantitative estimate of drug-likeness (QED) is 0.655. The van der Waals surface area contributed by atoms with Gasteiger partial charge in [0, 0.05) is 24.7 Å². The number of primary sulfonamides is 1. The molecular weight excluding hydrogens is 372 g/mol. The third-order valence-corrected chi connectivity index (χ3v) is 5.56.